The number of imidazole rings is 1. The molecule has 2 heterocycles. The molecule has 0 bridgehead atoms. The van der Waals surface area contributed by atoms with E-state index in [-0.39, 0.29) is 10.9 Å². The van der Waals surface area contributed by atoms with Crippen molar-refractivity contribution in [3.63, 3.8) is 0 Å². The predicted octanol–water partition coefficient (Wildman–Crippen LogP) is 3.42. The van der Waals surface area contributed by atoms with E-state index < -0.39 is 0 Å². The SMILES string of the molecule is COCC(C)(C)n1c(C(C)Cl)nc2c(C)ccnc21. The summed E-state index contributed by atoms with van der Waals surface area (Å²) in [7, 11) is 1.70. The lowest BCUT2D eigenvalue weighted by Crippen LogP contribution is -2.33. The van der Waals surface area contributed by atoms with Gasteiger partial charge in [-0.1, -0.05) is 0 Å². The van der Waals surface area contributed by atoms with E-state index >= 15 is 0 Å². The molecule has 2 aromatic heterocycles. The van der Waals surface area contributed by atoms with E-state index in [1.807, 2.05) is 19.9 Å². The maximum absolute atomic E-state index is 6.29. The zero-order valence-corrected chi connectivity index (χ0v) is 12.8. The third kappa shape index (κ3) is 2.47. The monoisotopic (exact) mass is 281 g/mol. The van der Waals surface area contributed by atoms with E-state index in [1.54, 1.807) is 13.3 Å². The summed E-state index contributed by atoms with van der Waals surface area (Å²) in [6, 6.07) is 1.96. The van der Waals surface area contributed by atoms with E-state index in [0.29, 0.717) is 6.61 Å². The molecule has 1 unspecified atom stereocenters. The fourth-order valence-electron chi connectivity index (χ4n) is 2.39. The minimum absolute atomic E-state index is 0.176. The number of nitrogens with zero attached hydrogens (tertiary/aromatic N) is 3. The fraction of sp³-hybridized carbons (Fsp3) is 0.571. The minimum atomic E-state index is -0.247. The van der Waals surface area contributed by atoms with Crippen LogP contribution in [0.4, 0.5) is 0 Å². The van der Waals surface area contributed by atoms with Crippen molar-refractivity contribution < 1.29 is 4.74 Å². The van der Waals surface area contributed by atoms with Gasteiger partial charge < -0.3 is 9.30 Å². The molecule has 0 saturated carbocycles. The Bertz CT molecular complexity index is 590. The van der Waals surface area contributed by atoms with Gasteiger partial charge in [0.05, 0.1) is 17.5 Å². The number of hydrogen-bond donors (Lipinski definition) is 0. The summed E-state index contributed by atoms with van der Waals surface area (Å²) < 4.78 is 7.42. The van der Waals surface area contributed by atoms with Crippen LogP contribution in [0.25, 0.3) is 11.2 Å². The summed E-state index contributed by atoms with van der Waals surface area (Å²) in [5.74, 6) is 0.834. The Morgan fingerprint density at radius 1 is 1.47 bits per heavy atom. The summed E-state index contributed by atoms with van der Waals surface area (Å²) in [4.78, 5) is 9.15. The second kappa shape index (κ2) is 5.10. The highest BCUT2D eigenvalue weighted by atomic mass is 35.5. The number of aromatic nitrogens is 3. The highest BCUT2D eigenvalue weighted by Crippen LogP contribution is 2.31. The maximum Gasteiger partial charge on any atom is 0.160 e. The lowest BCUT2D eigenvalue weighted by Gasteiger charge is -2.28. The summed E-state index contributed by atoms with van der Waals surface area (Å²) >= 11 is 6.29. The van der Waals surface area contributed by atoms with Crippen LogP contribution in [0.1, 0.15) is 37.5 Å². The molecule has 0 aliphatic rings. The molecule has 1 atom stereocenters. The number of rotatable bonds is 4. The van der Waals surface area contributed by atoms with Crippen LogP contribution < -0.4 is 0 Å². The quantitative estimate of drug-likeness (QED) is 0.806. The highest BCUT2D eigenvalue weighted by Gasteiger charge is 2.28. The lowest BCUT2D eigenvalue weighted by molar-refractivity contribution is 0.110. The van der Waals surface area contributed by atoms with Gasteiger partial charge in [-0.2, -0.15) is 0 Å². The standard InChI is InChI=1S/C14H20ClN3O/c1-9-6-7-16-13-11(9)17-12(10(2)15)18(13)14(3,4)8-19-5/h6-7,10H,8H2,1-5H3. The third-order valence-electron chi connectivity index (χ3n) is 3.23. The van der Waals surface area contributed by atoms with Gasteiger partial charge in [0.15, 0.2) is 5.65 Å². The van der Waals surface area contributed by atoms with Gasteiger partial charge in [-0.05, 0) is 39.3 Å². The molecule has 2 aromatic rings. The van der Waals surface area contributed by atoms with Gasteiger partial charge >= 0.3 is 0 Å². The van der Waals surface area contributed by atoms with Gasteiger partial charge in [0.25, 0.3) is 0 Å². The molecule has 4 nitrogen and oxygen atoms in total. The highest BCUT2D eigenvalue weighted by molar-refractivity contribution is 6.20. The van der Waals surface area contributed by atoms with Gasteiger partial charge in [0, 0.05) is 13.3 Å². The molecular formula is C14H20ClN3O. The van der Waals surface area contributed by atoms with Crippen molar-refractivity contribution in [3.05, 3.63) is 23.7 Å². The lowest BCUT2D eigenvalue weighted by atomic mass is 10.1. The molecule has 0 aliphatic carbocycles. The Morgan fingerprint density at radius 3 is 2.74 bits per heavy atom. The van der Waals surface area contributed by atoms with Gasteiger partial charge in [-0.15, -0.1) is 11.6 Å². The molecule has 104 valence electrons. The molecule has 5 heteroatoms. The molecule has 0 spiro atoms. The molecule has 0 aromatic carbocycles. The average Bonchev–Trinajstić information content (AvgIpc) is 2.70. The van der Waals surface area contributed by atoms with Crippen LogP contribution in [-0.4, -0.2) is 28.3 Å². The molecule has 19 heavy (non-hydrogen) atoms. The minimum Gasteiger partial charge on any atom is -0.382 e. The largest absolute Gasteiger partial charge is 0.382 e. The van der Waals surface area contributed by atoms with Crippen molar-refractivity contribution in [2.24, 2.45) is 0 Å². The van der Waals surface area contributed by atoms with Crippen molar-refractivity contribution in [1.82, 2.24) is 14.5 Å². The van der Waals surface area contributed by atoms with E-state index in [0.717, 1.165) is 22.6 Å². The number of methoxy groups -OCH3 is 1. The molecule has 0 fully saturated rings. The first-order valence-corrected chi connectivity index (χ1v) is 6.79. The summed E-state index contributed by atoms with van der Waals surface area (Å²) in [6.07, 6.45) is 1.81. The molecule has 0 aliphatic heterocycles. The molecular weight excluding hydrogens is 262 g/mol. The molecule has 0 N–H and O–H groups in total. The number of pyridine rings is 1. The van der Waals surface area contributed by atoms with Gasteiger partial charge in [-0.3, -0.25) is 0 Å². The number of fused-ring (bicyclic) bond motifs is 1. The van der Waals surface area contributed by atoms with Crippen LogP contribution in [0.3, 0.4) is 0 Å². The van der Waals surface area contributed by atoms with Crippen LogP contribution in [0.2, 0.25) is 0 Å². The summed E-state index contributed by atoms with van der Waals surface area (Å²) in [5, 5.41) is -0.176. The molecule has 0 radical (unpaired) electrons. The Morgan fingerprint density at radius 2 is 2.16 bits per heavy atom. The van der Waals surface area contributed by atoms with Crippen molar-refractivity contribution in [2.75, 3.05) is 13.7 Å². The number of aryl methyl sites for hydroxylation is 1. The van der Waals surface area contributed by atoms with E-state index in [4.69, 9.17) is 16.3 Å². The maximum atomic E-state index is 6.29. The van der Waals surface area contributed by atoms with Crippen molar-refractivity contribution >= 4 is 22.8 Å². The average molecular weight is 282 g/mol. The molecule has 2 rings (SSSR count). The van der Waals surface area contributed by atoms with Crippen molar-refractivity contribution in [1.29, 1.82) is 0 Å². The molecule has 0 saturated heterocycles. The Hall–Kier alpha value is -1.13. The van der Waals surface area contributed by atoms with Gasteiger partial charge in [0.2, 0.25) is 0 Å². The smallest absolute Gasteiger partial charge is 0.160 e. The van der Waals surface area contributed by atoms with E-state index in [1.165, 1.54) is 0 Å². The van der Waals surface area contributed by atoms with Crippen molar-refractivity contribution in [2.45, 2.75) is 38.6 Å². The van der Waals surface area contributed by atoms with E-state index in [2.05, 4.69) is 28.4 Å². The van der Waals surface area contributed by atoms with Crippen LogP contribution in [0.5, 0.6) is 0 Å². The second-order valence-electron chi connectivity index (χ2n) is 5.47. The Balaban J connectivity index is 2.76. The third-order valence-corrected chi connectivity index (χ3v) is 3.43. The first kappa shape index (κ1) is 14.3. The van der Waals surface area contributed by atoms with Gasteiger partial charge in [-0.25, -0.2) is 9.97 Å². The second-order valence-corrected chi connectivity index (χ2v) is 6.12. The zero-order chi connectivity index (χ0) is 14.2. The van der Waals surface area contributed by atoms with Crippen molar-refractivity contribution in [3.8, 4) is 0 Å². The summed E-state index contributed by atoms with van der Waals surface area (Å²) in [5.41, 5.74) is 2.64. The number of halogens is 1. The zero-order valence-electron chi connectivity index (χ0n) is 12.1. The normalized spacial score (nSPS) is 14.0. The van der Waals surface area contributed by atoms with Crippen LogP contribution in [0.15, 0.2) is 12.3 Å². The van der Waals surface area contributed by atoms with E-state index in [9.17, 15) is 0 Å². The molecule has 0 amide bonds. The fourth-order valence-corrected chi connectivity index (χ4v) is 2.54. The first-order valence-electron chi connectivity index (χ1n) is 6.36. The Labute approximate surface area is 118 Å². The van der Waals surface area contributed by atoms with Gasteiger partial charge in [0.1, 0.15) is 11.3 Å². The topological polar surface area (TPSA) is 39.9 Å². The number of alkyl halides is 1. The van der Waals surface area contributed by atoms with Crippen LogP contribution in [-0.2, 0) is 10.3 Å². The predicted molar refractivity (Wildman–Crippen MR) is 77.7 cm³/mol. The van der Waals surface area contributed by atoms with Crippen LogP contribution in [0, 0.1) is 6.92 Å². The number of hydrogen-bond acceptors (Lipinski definition) is 3. The Kier molecular flexibility index (Phi) is 3.83. The number of ether oxygens (including phenoxy) is 1. The van der Waals surface area contributed by atoms with Crippen LogP contribution >= 0.6 is 11.6 Å². The summed E-state index contributed by atoms with van der Waals surface area (Å²) in [6.45, 7) is 8.74. The first-order chi connectivity index (χ1) is 8.88.